The molecule has 1 aromatic rings. The highest BCUT2D eigenvalue weighted by Crippen LogP contribution is 2.28. The highest BCUT2D eigenvalue weighted by molar-refractivity contribution is 5.85. The minimum Gasteiger partial charge on any atom is -0.494 e. The van der Waals surface area contributed by atoms with Crippen molar-refractivity contribution in [2.75, 3.05) is 7.11 Å². The maximum Gasteiger partial charge on any atom is 0.165 e. The van der Waals surface area contributed by atoms with Gasteiger partial charge in [-0.15, -0.1) is 0 Å². The molecular weight excluding hydrogens is 219 g/mol. The van der Waals surface area contributed by atoms with Crippen molar-refractivity contribution >= 4 is 11.5 Å². The fourth-order valence-electron chi connectivity index (χ4n) is 2.18. The van der Waals surface area contributed by atoms with Crippen LogP contribution >= 0.6 is 0 Å². The lowest BCUT2D eigenvalue weighted by Crippen LogP contribution is -2.20. The van der Waals surface area contributed by atoms with Crippen LogP contribution in [-0.2, 0) is 0 Å². The summed E-state index contributed by atoms with van der Waals surface area (Å²) in [5.74, 6) is 0.846. The lowest BCUT2D eigenvalue weighted by molar-refractivity contribution is 0.387. The molecule has 0 radical (unpaired) electrons. The van der Waals surface area contributed by atoms with Crippen molar-refractivity contribution in [2.45, 2.75) is 25.7 Å². The molecule has 0 aromatic heterocycles. The largest absolute Gasteiger partial charge is 0.494 e. The Morgan fingerprint density at radius 2 is 2.12 bits per heavy atom. The van der Waals surface area contributed by atoms with E-state index in [2.05, 4.69) is 4.99 Å². The second-order valence-corrected chi connectivity index (χ2v) is 4.34. The zero-order valence-corrected chi connectivity index (χ0v) is 9.95. The molecule has 1 saturated carbocycles. The van der Waals surface area contributed by atoms with E-state index in [9.17, 15) is 4.39 Å². The number of methoxy groups -OCH3 is 1. The summed E-state index contributed by atoms with van der Waals surface area (Å²) in [4.78, 5) is 4.34. The molecular formula is C13H17FN2O. The molecule has 3 nitrogen and oxygen atoms in total. The van der Waals surface area contributed by atoms with Crippen LogP contribution in [0.3, 0.4) is 0 Å². The number of benzene rings is 1. The Balaban J connectivity index is 2.19. The molecule has 1 aliphatic rings. The van der Waals surface area contributed by atoms with Crippen molar-refractivity contribution in [3.05, 3.63) is 24.0 Å². The van der Waals surface area contributed by atoms with Crippen molar-refractivity contribution in [1.82, 2.24) is 0 Å². The van der Waals surface area contributed by atoms with Crippen LogP contribution in [0.5, 0.6) is 5.75 Å². The molecule has 17 heavy (non-hydrogen) atoms. The Labute approximate surface area is 100 Å². The van der Waals surface area contributed by atoms with Crippen LogP contribution in [0, 0.1) is 11.7 Å². The number of hydrogen-bond donors (Lipinski definition) is 1. The first-order chi connectivity index (χ1) is 8.20. The van der Waals surface area contributed by atoms with Gasteiger partial charge in [0.2, 0.25) is 0 Å². The van der Waals surface area contributed by atoms with Gasteiger partial charge in [0.05, 0.1) is 12.8 Å². The predicted molar refractivity (Wildman–Crippen MR) is 66.2 cm³/mol. The first-order valence-corrected chi connectivity index (χ1v) is 5.88. The fraction of sp³-hybridized carbons (Fsp3) is 0.462. The summed E-state index contributed by atoms with van der Waals surface area (Å²) in [6, 6.07) is 4.52. The molecule has 0 atom stereocenters. The third kappa shape index (κ3) is 2.75. The fourth-order valence-corrected chi connectivity index (χ4v) is 2.18. The Bertz CT molecular complexity index is 425. The van der Waals surface area contributed by atoms with Gasteiger partial charge in [0.1, 0.15) is 5.84 Å². The van der Waals surface area contributed by atoms with E-state index in [0.29, 0.717) is 17.4 Å². The van der Waals surface area contributed by atoms with Gasteiger partial charge in [0.15, 0.2) is 11.6 Å². The third-order valence-corrected chi connectivity index (χ3v) is 3.17. The SMILES string of the molecule is COc1cc(N=C(N)C2CCCC2)ccc1F. The van der Waals surface area contributed by atoms with Crippen molar-refractivity contribution in [2.24, 2.45) is 16.6 Å². The summed E-state index contributed by atoms with van der Waals surface area (Å²) >= 11 is 0. The molecule has 0 heterocycles. The lowest BCUT2D eigenvalue weighted by atomic mass is 10.1. The number of amidine groups is 1. The van der Waals surface area contributed by atoms with Gasteiger partial charge in [0.25, 0.3) is 0 Å². The molecule has 1 aliphatic carbocycles. The molecule has 4 heteroatoms. The van der Waals surface area contributed by atoms with Gasteiger partial charge in [-0.2, -0.15) is 0 Å². The molecule has 0 spiro atoms. The first-order valence-electron chi connectivity index (χ1n) is 5.88. The lowest BCUT2D eigenvalue weighted by Gasteiger charge is -2.08. The van der Waals surface area contributed by atoms with E-state index >= 15 is 0 Å². The van der Waals surface area contributed by atoms with Crippen LogP contribution in [0.15, 0.2) is 23.2 Å². The third-order valence-electron chi connectivity index (χ3n) is 3.17. The Morgan fingerprint density at radius 1 is 1.41 bits per heavy atom. The molecule has 0 unspecified atom stereocenters. The standard InChI is InChI=1S/C13H17FN2O/c1-17-12-8-10(6-7-11(12)14)16-13(15)9-4-2-3-5-9/h6-9H,2-5H2,1H3,(H2,15,16). The summed E-state index contributed by atoms with van der Waals surface area (Å²) in [7, 11) is 1.44. The number of aliphatic imine (C=N–C) groups is 1. The molecule has 92 valence electrons. The highest BCUT2D eigenvalue weighted by atomic mass is 19.1. The summed E-state index contributed by atoms with van der Waals surface area (Å²) in [6.07, 6.45) is 4.64. The van der Waals surface area contributed by atoms with Crippen molar-refractivity contribution in [3.63, 3.8) is 0 Å². The smallest absolute Gasteiger partial charge is 0.165 e. The van der Waals surface area contributed by atoms with E-state index < -0.39 is 0 Å². The van der Waals surface area contributed by atoms with Crippen LogP contribution in [0.1, 0.15) is 25.7 Å². The summed E-state index contributed by atoms with van der Waals surface area (Å²) in [6.45, 7) is 0. The van der Waals surface area contributed by atoms with Gasteiger partial charge < -0.3 is 10.5 Å². The van der Waals surface area contributed by atoms with Crippen molar-refractivity contribution in [3.8, 4) is 5.75 Å². The van der Waals surface area contributed by atoms with Gasteiger partial charge in [0, 0.05) is 12.0 Å². The van der Waals surface area contributed by atoms with E-state index in [1.54, 1.807) is 12.1 Å². The average Bonchev–Trinajstić information content (AvgIpc) is 2.85. The van der Waals surface area contributed by atoms with Gasteiger partial charge in [-0.05, 0) is 25.0 Å². The number of rotatable bonds is 3. The van der Waals surface area contributed by atoms with E-state index in [1.165, 1.54) is 26.0 Å². The minimum absolute atomic E-state index is 0.200. The van der Waals surface area contributed by atoms with E-state index in [0.717, 1.165) is 12.8 Å². The maximum atomic E-state index is 13.2. The summed E-state index contributed by atoms with van der Waals surface area (Å²) < 4.78 is 18.1. The van der Waals surface area contributed by atoms with Gasteiger partial charge in [-0.1, -0.05) is 12.8 Å². The second-order valence-electron chi connectivity index (χ2n) is 4.34. The average molecular weight is 236 g/mol. The zero-order valence-electron chi connectivity index (χ0n) is 9.95. The molecule has 0 saturated heterocycles. The first kappa shape index (κ1) is 11.9. The summed E-state index contributed by atoms with van der Waals surface area (Å²) in [5, 5.41) is 0. The van der Waals surface area contributed by atoms with Crippen molar-refractivity contribution < 1.29 is 9.13 Å². The van der Waals surface area contributed by atoms with Crippen LogP contribution in [0.4, 0.5) is 10.1 Å². The van der Waals surface area contributed by atoms with Crippen LogP contribution in [0.25, 0.3) is 0 Å². The van der Waals surface area contributed by atoms with Crippen molar-refractivity contribution in [1.29, 1.82) is 0 Å². The maximum absolute atomic E-state index is 13.2. The molecule has 1 aromatic carbocycles. The topological polar surface area (TPSA) is 47.6 Å². The van der Waals surface area contributed by atoms with Crippen LogP contribution in [-0.4, -0.2) is 12.9 Å². The van der Waals surface area contributed by atoms with Gasteiger partial charge in [-0.3, -0.25) is 0 Å². The quantitative estimate of drug-likeness (QED) is 0.647. The van der Waals surface area contributed by atoms with Crippen LogP contribution in [0.2, 0.25) is 0 Å². The van der Waals surface area contributed by atoms with E-state index in [-0.39, 0.29) is 11.6 Å². The molecule has 0 bridgehead atoms. The number of nitrogens with zero attached hydrogens (tertiary/aromatic N) is 1. The highest BCUT2D eigenvalue weighted by Gasteiger charge is 2.18. The number of nitrogens with two attached hydrogens (primary N) is 1. The normalized spacial score (nSPS) is 17.4. The molecule has 0 aliphatic heterocycles. The zero-order chi connectivity index (χ0) is 12.3. The predicted octanol–water partition coefficient (Wildman–Crippen LogP) is 3.01. The Morgan fingerprint density at radius 3 is 2.76 bits per heavy atom. The number of ether oxygens (including phenoxy) is 1. The van der Waals surface area contributed by atoms with Gasteiger partial charge in [-0.25, -0.2) is 9.38 Å². The molecule has 0 amide bonds. The van der Waals surface area contributed by atoms with E-state index in [1.807, 2.05) is 0 Å². The second kappa shape index (κ2) is 5.17. The van der Waals surface area contributed by atoms with Crippen LogP contribution < -0.4 is 10.5 Å². The molecule has 2 rings (SSSR count). The molecule has 2 N–H and O–H groups in total. The molecule has 1 fully saturated rings. The van der Waals surface area contributed by atoms with E-state index in [4.69, 9.17) is 10.5 Å². The minimum atomic E-state index is -0.383. The Hall–Kier alpha value is -1.58. The van der Waals surface area contributed by atoms with Gasteiger partial charge >= 0.3 is 0 Å². The number of halogens is 1. The monoisotopic (exact) mass is 236 g/mol. The Kier molecular flexibility index (Phi) is 3.61. The summed E-state index contributed by atoms with van der Waals surface area (Å²) in [5.41, 5.74) is 6.60. The number of hydrogen-bond acceptors (Lipinski definition) is 2.